The third kappa shape index (κ3) is 2.88. The first-order valence-electron chi connectivity index (χ1n) is 7.56. The summed E-state index contributed by atoms with van der Waals surface area (Å²) >= 11 is 0. The lowest BCUT2D eigenvalue weighted by molar-refractivity contribution is 0.279. The van der Waals surface area contributed by atoms with Crippen molar-refractivity contribution in [3.05, 3.63) is 22.1 Å². The zero-order valence-electron chi connectivity index (χ0n) is 11.7. The van der Waals surface area contributed by atoms with Crippen molar-refractivity contribution in [2.45, 2.75) is 71.3 Å². The van der Waals surface area contributed by atoms with Crippen LogP contribution < -0.4 is 5.56 Å². The quantitative estimate of drug-likeness (QED) is 0.822. The van der Waals surface area contributed by atoms with Gasteiger partial charge in [0.05, 0.1) is 6.04 Å². The highest BCUT2D eigenvalue weighted by atomic mass is 16.1. The van der Waals surface area contributed by atoms with Crippen molar-refractivity contribution in [1.82, 2.24) is 9.78 Å². The first-order chi connectivity index (χ1) is 8.76. The minimum atomic E-state index is 0.167. The summed E-state index contributed by atoms with van der Waals surface area (Å²) in [6.07, 6.45) is 9.74. The van der Waals surface area contributed by atoms with E-state index in [9.17, 15) is 4.79 Å². The molecule has 102 valence electrons. The summed E-state index contributed by atoms with van der Waals surface area (Å²) in [5.74, 6) is 0.706. The normalized spacial score (nSPS) is 18.3. The molecule has 0 spiro atoms. The third-order valence-electron chi connectivity index (χ3n) is 4.31. The molecule has 18 heavy (non-hydrogen) atoms. The van der Waals surface area contributed by atoms with Crippen LogP contribution in [0.5, 0.6) is 0 Å². The number of aromatic amines is 1. The Kier molecular flexibility index (Phi) is 4.67. The van der Waals surface area contributed by atoms with E-state index in [4.69, 9.17) is 0 Å². The van der Waals surface area contributed by atoms with Crippen LogP contribution in [-0.4, -0.2) is 9.78 Å². The summed E-state index contributed by atoms with van der Waals surface area (Å²) in [5.41, 5.74) is 1.24. The van der Waals surface area contributed by atoms with Crippen molar-refractivity contribution in [3.8, 4) is 0 Å². The number of hydrogen-bond donors (Lipinski definition) is 1. The van der Waals surface area contributed by atoms with E-state index in [1.807, 2.05) is 4.68 Å². The molecule has 1 aliphatic carbocycles. The SMILES string of the molecule is CCCCC(C1CCCC1)n1[nH]c(CC)cc1=O. The summed E-state index contributed by atoms with van der Waals surface area (Å²) in [7, 11) is 0. The summed E-state index contributed by atoms with van der Waals surface area (Å²) in [4.78, 5) is 12.1. The van der Waals surface area contributed by atoms with Gasteiger partial charge in [0.25, 0.3) is 5.56 Å². The monoisotopic (exact) mass is 250 g/mol. The predicted octanol–water partition coefficient (Wildman–Crippen LogP) is 3.66. The molecule has 0 aromatic carbocycles. The molecule has 0 radical (unpaired) electrons. The topological polar surface area (TPSA) is 37.8 Å². The largest absolute Gasteiger partial charge is 0.299 e. The van der Waals surface area contributed by atoms with E-state index in [-0.39, 0.29) is 5.56 Å². The Bertz CT molecular complexity index is 412. The average molecular weight is 250 g/mol. The van der Waals surface area contributed by atoms with Gasteiger partial charge < -0.3 is 0 Å². The van der Waals surface area contributed by atoms with Gasteiger partial charge in [-0.2, -0.15) is 0 Å². The van der Waals surface area contributed by atoms with E-state index >= 15 is 0 Å². The minimum absolute atomic E-state index is 0.167. The number of unbranched alkanes of at least 4 members (excludes halogenated alkanes) is 1. The van der Waals surface area contributed by atoms with Crippen LogP contribution >= 0.6 is 0 Å². The molecule has 3 nitrogen and oxygen atoms in total. The Morgan fingerprint density at radius 3 is 2.67 bits per heavy atom. The van der Waals surface area contributed by atoms with Crippen molar-refractivity contribution >= 4 is 0 Å². The summed E-state index contributed by atoms with van der Waals surface area (Å²) in [6, 6.07) is 2.17. The number of aryl methyl sites for hydroxylation is 1. The Balaban J connectivity index is 2.20. The molecule has 1 heterocycles. The van der Waals surface area contributed by atoms with Gasteiger partial charge >= 0.3 is 0 Å². The molecule has 1 saturated carbocycles. The second kappa shape index (κ2) is 6.26. The maximum Gasteiger partial charge on any atom is 0.266 e. The van der Waals surface area contributed by atoms with Crippen molar-refractivity contribution in [2.75, 3.05) is 0 Å². The van der Waals surface area contributed by atoms with Crippen LogP contribution in [0.1, 0.15) is 70.5 Å². The summed E-state index contributed by atoms with van der Waals surface area (Å²) < 4.78 is 1.92. The van der Waals surface area contributed by atoms with Gasteiger partial charge in [-0.05, 0) is 31.6 Å². The zero-order chi connectivity index (χ0) is 13.0. The van der Waals surface area contributed by atoms with Crippen LogP contribution in [0.2, 0.25) is 0 Å². The number of nitrogens with one attached hydrogen (secondary N) is 1. The zero-order valence-corrected chi connectivity index (χ0v) is 11.7. The van der Waals surface area contributed by atoms with Gasteiger partial charge in [0.1, 0.15) is 0 Å². The van der Waals surface area contributed by atoms with E-state index < -0.39 is 0 Å². The molecular formula is C15H26N2O. The molecule has 2 rings (SSSR count). The highest BCUT2D eigenvalue weighted by Gasteiger charge is 2.27. The van der Waals surface area contributed by atoms with Crippen molar-refractivity contribution in [2.24, 2.45) is 5.92 Å². The fraction of sp³-hybridized carbons (Fsp3) is 0.800. The van der Waals surface area contributed by atoms with Gasteiger partial charge in [0.15, 0.2) is 0 Å². The number of rotatable bonds is 6. The molecule has 1 aromatic rings. The standard InChI is InChI=1S/C15H26N2O/c1-3-5-10-14(12-8-6-7-9-12)17-15(18)11-13(4-2)16-17/h11-12,14,16H,3-10H2,1-2H3. The van der Waals surface area contributed by atoms with Gasteiger partial charge in [0.2, 0.25) is 0 Å². The molecular weight excluding hydrogens is 224 g/mol. The maximum atomic E-state index is 12.1. The van der Waals surface area contributed by atoms with E-state index in [2.05, 4.69) is 18.9 Å². The Hall–Kier alpha value is -0.990. The van der Waals surface area contributed by atoms with Crippen LogP contribution in [0.15, 0.2) is 10.9 Å². The molecule has 1 aliphatic rings. The minimum Gasteiger partial charge on any atom is -0.299 e. The average Bonchev–Trinajstić information content (AvgIpc) is 3.00. The highest BCUT2D eigenvalue weighted by Crippen LogP contribution is 2.36. The first kappa shape index (κ1) is 13.4. The van der Waals surface area contributed by atoms with Gasteiger partial charge in [-0.1, -0.05) is 39.5 Å². The molecule has 3 heteroatoms. The first-order valence-corrected chi connectivity index (χ1v) is 7.56. The lowest BCUT2D eigenvalue weighted by Gasteiger charge is -2.24. The van der Waals surface area contributed by atoms with Crippen LogP contribution in [0.25, 0.3) is 0 Å². The summed E-state index contributed by atoms with van der Waals surface area (Å²) in [6.45, 7) is 4.31. The number of aromatic nitrogens is 2. The fourth-order valence-corrected chi connectivity index (χ4v) is 3.22. The van der Waals surface area contributed by atoms with Crippen molar-refractivity contribution in [1.29, 1.82) is 0 Å². The van der Waals surface area contributed by atoms with Crippen LogP contribution in [0.4, 0.5) is 0 Å². The van der Waals surface area contributed by atoms with Gasteiger partial charge in [-0.15, -0.1) is 0 Å². The second-order valence-corrected chi connectivity index (χ2v) is 5.60. The Morgan fingerprint density at radius 1 is 1.39 bits per heavy atom. The second-order valence-electron chi connectivity index (χ2n) is 5.60. The molecule has 1 atom stereocenters. The number of H-pyrrole nitrogens is 1. The Labute approximate surface area is 110 Å². The molecule has 1 unspecified atom stereocenters. The van der Waals surface area contributed by atoms with Crippen LogP contribution in [0, 0.1) is 5.92 Å². The Morgan fingerprint density at radius 2 is 2.11 bits per heavy atom. The molecule has 0 aliphatic heterocycles. The highest BCUT2D eigenvalue weighted by molar-refractivity contribution is 5.00. The molecule has 0 bridgehead atoms. The number of nitrogens with zero attached hydrogens (tertiary/aromatic N) is 1. The smallest absolute Gasteiger partial charge is 0.266 e. The molecule has 1 aromatic heterocycles. The van der Waals surface area contributed by atoms with E-state index in [1.54, 1.807) is 6.07 Å². The van der Waals surface area contributed by atoms with Crippen LogP contribution in [-0.2, 0) is 6.42 Å². The molecule has 0 amide bonds. The van der Waals surface area contributed by atoms with Crippen molar-refractivity contribution in [3.63, 3.8) is 0 Å². The fourth-order valence-electron chi connectivity index (χ4n) is 3.22. The van der Waals surface area contributed by atoms with Gasteiger partial charge in [-0.3, -0.25) is 9.89 Å². The third-order valence-corrected chi connectivity index (χ3v) is 4.31. The van der Waals surface area contributed by atoms with Gasteiger partial charge in [-0.25, -0.2) is 4.68 Å². The predicted molar refractivity (Wildman–Crippen MR) is 75.0 cm³/mol. The van der Waals surface area contributed by atoms with E-state index in [0.717, 1.165) is 18.5 Å². The molecule has 1 fully saturated rings. The summed E-state index contributed by atoms with van der Waals surface area (Å²) in [5, 5.41) is 3.32. The van der Waals surface area contributed by atoms with Gasteiger partial charge in [0, 0.05) is 11.8 Å². The number of hydrogen-bond acceptors (Lipinski definition) is 1. The van der Waals surface area contributed by atoms with E-state index in [0.29, 0.717) is 12.0 Å². The molecule has 0 saturated heterocycles. The molecule has 1 N–H and O–H groups in total. The maximum absolute atomic E-state index is 12.1. The van der Waals surface area contributed by atoms with Crippen LogP contribution in [0.3, 0.4) is 0 Å². The van der Waals surface area contributed by atoms with E-state index in [1.165, 1.54) is 38.5 Å². The lowest BCUT2D eigenvalue weighted by atomic mass is 9.94. The lowest BCUT2D eigenvalue weighted by Crippen LogP contribution is -2.27. The van der Waals surface area contributed by atoms with Crippen molar-refractivity contribution < 1.29 is 0 Å².